The number of unbranched alkanes of at least 4 members (excludes halogenated alkanes) is 1. The first kappa shape index (κ1) is 8.50. The van der Waals surface area contributed by atoms with Crippen molar-refractivity contribution in [3.63, 3.8) is 0 Å². The zero-order valence-corrected chi connectivity index (χ0v) is 6.02. The van der Waals surface area contributed by atoms with Crippen LogP contribution in [-0.4, -0.2) is 20.3 Å². The van der Waals surface area contributed by atoms with Gasteiger partial charge in [0.25, 0.3) is 0 Å². The number of hydrogen-bond acceptors (Lipinski definition) is 2. The van der Waals surface area contributed by atoms with Crippen molar-refractivity contribution < 1.29 is 4.74 Å². The Labute approximate surface area is 56.9 Å². The molecule has 0 radical (unpaired) electrons. The third-order valence-electron chi connectivity index (χ3n) is 1.06. The summed E-state index contributed by atoms with van der Waals surface area (Å²) in [6.45, 7) is 5.40. The monoisotopic (exact) mass is 129 g/mol. The van der Waals surface area contributed by atoms with Crippen LogP contribution in [0.25, 0.3) is 0 Å². The molecule has 0 aliphatic heterocycles. The van der Waals surface area contributed by atoms with E-state index in [9.17, 15) is 0 Å². The van der Waals surface area contributed by atoms with Gasteiger partial charge in [-0.05, 0) is 19.0 Å². The van der Waals surface area contributed by atoms with Gasteiger partial charge in [0.15, 0.2) is 0 Å². The predicted octanol–water partition coefficient (Wildman–Crippen LogP) is 1.15. The highest BCUT2D eigenvalue weighted by molar-refractivity contribution is 4.61. The molecule has 0 saturated heterocycles. The average Bonchev–Trinajstić information content (AvgIpc) is 1.89. The fourth-order valence-electron chi connectivity index (χ4n) is 0.576. The summed E-state index contributed by atoms with van der Waals surface area (Å²) in [5.74, 6) is 0. The second-order valence-electron chi connectivity index (χ2n) is 1.86. The van der Waals surface area contributed by atoms with Gasteiger partial charge in [-0.15, -0.1) is 0 Å². The maximum atomic E-state index is 4.87. The van der Waals surface area contributed by atoms with E-state index in [1.54, 1.807) is 13.3 Å². The second-order valence-corrected chi connectivity index (χ2v) is 1.86. The van der Waals surface area contributed by atoms with Crippen LogP contribution in [0.3, 0.4) is 0 Å². The minimum Gasteiger partial charge on any atom is -0.391 e. The van der Waals surface area contributed by atoms with Crippen molar-refractivity contribution in [1.29, 1.82) is 0 Å². The summed E-state index contributed by atoms with van der Waals surface area (Å²) in [7, 11) is 1.72. The largest absolute Gasteiger partial charge is 0.391 e. The van der Waals surface area contributed by atoms with Gasteiger partial charge in [-0.1, -0.05) is 6.58 Å². The van der Waals surface area contributed by atoms with E-state index in [2.05, 4.69) is 11.9 Å². The SMILES string of the molecule is C=CNCCCCOC. The van der Waals surface area contributed by atoms with Crippen LogP contribution in [-0.2, 0) is 4.74 Å². The molecule has 9 heavy (non-hydrogen) atoms. The quantitative estimate of drug-likeness (QED) is 0.543. The molecule has 0 atom stereocenters. The molecule has 0 rings (SSSR count). The van der Waals surface area contributed by atoms with Crippen LogP contribution in [0.4, 0.5) is 0 Å². The molecule has 54 valence electrons. The van der Waals surface area contributed by atoms with E-state index in [-0.39, 0.29) is 0 Å². The molecule has 2 heteroatoms. The van der Waals surface area contributed by atoms with Crippen molar-refractivity contribution in [2.24, 2.45) is 0 Å². The van der Waals surface area contributed by atoms with Crippen molar-refractivity contribution in [2.75, 3.05) is 20.3 Å². The Morgan fingerprint density at radius 1 is 1.56 bits per heavy atom. The minimum atomic E-state index is 0.860. The summed E-state index contributed by atoms with van der Waals surface area (Å²) >= 11 is 0. The lowest BCUT2D eigenvalue weighted by Gasteiger charge is -1.98. The van der Waals surface area contributed by atoms with E-state index in [0.29, 0.717) is 0 Å². The normalized spacial score (nSPS) is 9.00. The molecule has 0 aromatic carbocycles. The Bertz CT molecular complexity index is 63.9. The second kappa shape index (κ2) is 7.50. The van der Waals surface area contributed by atoms with Crippen molar-refractivity contribution in [3.8, 4) is 0 Å². The van der Waals surface area contributed by atoms with Gasteiger partial charge in [-0.3, -0.25) is 0 Å². The lowest BCUT2D eigenvalue weighted by Crippen LogP contribution is -2.06. The van der Waals surface area contributed by atoms with Crippen molar-refractivity contribution in [1.82, 2.24) is 5.32 Å². The maximum absolute atomic E-state index is 4.87. The van der Waals surface area contributed by atoms with Crippen LogP contribution in [0.1, 0.15) is 12.8 Å². The number of rotatable bonds is 6. The molecule has 2 nitrogen and oxygen atoms in total. The van der Waals surface area contributed by atoms with Crippen molar-refractivity contribution in [2.45, 2.75) is 12.8 Å². The van der Waals surface area contributed by atoms with Crippen LogP contribution in [0.5, 0.6) is 0 Å². The van der Waals surface area contributed by atoms with Crippen LogP contribution in [0.15, 0.2) is 12.8 Å². The summed E-state index contributed by atoms with van der Waals surface area (Å²) in [4.78, 5) is 0. The summed E-state index contributed by atoms with van der Waals surface area (Å²) in [5.41, 5.74) is 0. The molecule has 0 bridgehead atoms. The van der Waals surface area contributed by atoms with Gasteiger partial charge in [-0.25, -0.2) is 0 Å². The highest BCUT2D eigenvalue weighted by atomic mass is 16.5. The molecule has 0 aromatic rings. The molecular formula is C7H15NO. The zero-order valence-electron chi connectivity index (χ0n) is 6.02. The summed E-state index contributed by atoms with van der Waals surface area (Å²) in [5, 5.41) is 3.02. The molecule has 0 spiro atoms. The Hall–Kier alpha value is -0.500. The molecule has 1 N–H and O–H groups in total. The van der Waals surface area contributed by atoms with Crippen molar-refractivity contribution in [3.05, 3.63) is 12.8 Å². The number of hydrogen-bond donors (Lipinski definition) is 1. The molecule has 0 unspecified atom stereocenters. The Morgan fingerprint density at radius 2 is 2.33 bits per heavy atom. The maximum Gasteiger partial charge on any atom is 0.0462 e. The molecule has 0 aliphatic rings. The first-order valence-corrected chi connectivity index (χ1v) is 3.25. The third-order valence-corrected chi connectivity index (χ3v) is 1.06. The standard InChI is InChI=1S/C7H15NO/c1-3-8-6-4-5-7-9-2/h3,8H,1,4-7H2,2H3. The molecular weight excluding hydrogens is 114 g/mol. The number of nitrogens with one attached hydrogen (secondary N) is 1. The molecule has 0 aromatic heterocycles. The lowest BCUT2D eigenvalue weighted by atomic mass is 10.3. The third kappa shape index (κ3) is 7.50. The lowest BCUT2D eigenvalue weighted by molar-refractivity contribution is 0.193. The van der Waals surface area contributed by atoms with E-state index in [4.69, 9.17) is 4.74 Å². The van der Waals surface area contributed by atoms with E-state index >= 15 is 0 Å². The highest BCUT2D eigenvalue weighted by Gasteiger charge is 1.83. The fourth-order valence-corrected chi connectivity index (χ4v) is 0.576. The van der Waals surface area contributed by atoms with E-state index in [1.165, 1.54) is 0 Å². The molecule has 0 saturated carbocycles. The zero-order chi connectivity index (χ0) is 6.95. The van der Waals surface area contributed by atoms with Gasteiger partial charge in [0.1, 0.15) is 0 Å². The first-order valence-electron chi connectivity index (χ1n) is 3.25. The fraction of sp³-hybridized carbons (Fsp3) is 0.714. The predicted molar refractivity (Wildman–Crippen MR) is 39.3 cm³/mol. The summed E-state index contributed by atoms with van der Waals surface area (Å²) in [6.07, 6.45) is 3.99. The van der Waals surface area contributed by atoms with Crippen molar-refractivity contribution >= 4 is 0 Å². The molecule has 0 aliphatic carbocycles. The average molecular weight is 129 g/mol. The van der Waals surface area contributed by atoms with Crippen LogP contribution in [0, 0.1) is 0 Å². The van der Waals surface area contributed by atoms with Crippen LogP contribution >= 0.6 is 0 Å². The topological polar surface area (TPSA) is 21.3 Å². The molecule has 0 amide bonds. The van der Waals surface area contributed by atoms with Gasteiger partial charge in [0.2, 0.25) is 0 Å². The molecule has 0 fully saturated rings. The number of methoxy groups -OCH3 is 1. The Kier molecular flexibility index (Phi) is 7.08. The van der Waals surface area contributed by atoms with E-state index < -0.39 is 0 Å². The van der Waals surface area contributed by atoms with Crippen LogP contribution in [0.2, 0.25) is 0 Å². The van der Waals surface area contributed by atoms with Gasteiger partial charge in [-0.2, -0.15) is 0 Å². The minimum absolute atomic E-state index is 0.860. The Balaban J connectivity index is 2.66. The Morgan fingerprint density at radius 3 is 2.89 bits per heavy atom. The van der Waals surface area contributed by atoms with E-state index in [1.807, 2.05) is 0 Å². The first-order chi connectivity index (χ1) is 4.41. The molecule has 0 heterocycles. The smallest absolute Gasteiger partial charge is 0.0462 e. The van der Waals surface area contributed by atoms with Gasteiger partial charge >= 0.3 is 0 Å². The van der Waals surface area contributed by atoms with Gasteiger partial charge < -0.3 is 10.1 Å². The summed E-state index contributed by atoms with van der Waals surface area (Å²) < 4.78 is 4.87. The van der Waals surface area contributed by atoms with E-state index in [0.717, 1.165) is 26.0 Å². The van der Waals surface area contributed by atoms with Gasteiger partial charge in [0.05, 0.1) is 0 Å². The summed E-state index contributed by atoms with van der Waals surface area (Å²) in [6, 6.07) is 0. The number of ether oxygens (including phenoxy) is 1. The van der Waals surface area contributed by atoms with Gasteiger partial charge in [0, 0.05) is 20.3 Å². The highest BCUT2D eigenvalue weighted by Crippen LogP contribution is 1.85. The van der Waals surface area contributed by atoms with Crippen LogP contribution < -0.4 is 5.32 Å².